The average Bonchev–Trinajstić information content (AvgIpc) is 3.03. The monoisotopic (exact) mass is 537 g/mol. The number of carbonyl (C=O) groups is 1. The van der Waals surface area contributed by atoms with Crippen molar-refractivity contribution >= 4 is 27.6 Å². The first-order valence-corrected chi connectivity index (χ1v) is 14.1. The van der Waals surface area contributed by atoms with Crippen molar-refractivity contribution in [1.29, 1.82) is 0 Å². The van der Waals surface area contributed by atoms with Gasteiger partial charge in [-0.25, -0.2) is 4.98 Å². The number of carbonyl (C=O) groups excluding carboxylic acids is 1. The van der Waals surface area contributed by atoms with Crippen LogP contribution in [0.2, 0.25) is 0 Å². The number of amides is 1. The number of para-hydroxylation sites is 2. The fourth-order valence-corrected chi connectivity index (χ4v) is 5.60. The lowest BCUT2D eigenvalue weighted by atomic mass is 10.0. The Morgan fingerprint density at radius 3 is 2.15 bits per heavy atom. The summed E-state index contributed by atoms with van der Waals surface area (Å²) in [6.45, 7) is 2.52. The maximum Gasteiger partial charge on any atom is 0.266 e. The molecule has 0 bridgehead atoms. The normalized spacial score (nSPS) is 11.9. The topological polar surface area (TPSA) is 55.2 Å². The van der Waals surface area contributed by atoms with E-state index in [4.69, 9.17) is 4.98 Å². The van der Waals surface area contributed by atoms with Crippen LogP contribution < -0.4 is 5.56 Å². The molecular weight excluding hydrogens is 506 g/mol. The van der Waals surface area contributed by atoms with E-state index in [2.05, 4.69) is 12.1 Å². The van der Waals surface area contributed by atoms with E-state index < -0.39 is 6.04 Å². The summed E-state index contributed by atoms with van der Waals surface area (Å²) in [6.07, 6.45) is 1.26. The average molecular weight is 538 g/mol. The number of fused-ring (bicyclic) bond motifs is 2. The zero-order valence-corrected chi connectivity index (χ0v) is 23.0. The summed E-state index contributed by atoms with van der Waals surface area (Å²) in [6, 6.07) is 40.5. The zero-order valence-electron chi connectivity index (χ0n) is 23.0. The molecule has 1 aromatic heterocycles. The Bertz CT molecular complexity index is 1880. The van der Waals surface area contributed by atoms with E-state index in [1.807, 2.05) is 127 Å². The standard InChI is InChI=1S/C36H31N3O2/c1-2-33(34-37-32-23-12-11-21-31(32)36(41)39(34)28-18-7-4-8-19-28)38(25-24-26-14-5-3-6-15-26)35(40)30-22-13-17-27-16-9-10-20-29(27)30/h3-23,33H,2,24-25H2,1H3. The second-order valence-corrected chi connectivity index (χ2v) is 10.1. The number of rotatable bonds is 8. The van der Waals surface area contributed by atoms with Gasteiger partial charge in [0.15, 0.2) is 0 Å². The molecule has 5 heteroatoms. The molecule has 202 valence electrons. The number of nitrogens with zero attached hydrogens (tertiary/aromatic N) is 3. The molecule has 0 aliphatic carbocycles. The lowest BCUT2D eigenvalue weighted by Gasteiger charge is -2.33. The van der Waals surface area contributed by atoms with Gasteiger partial charge in [-0.05, 0) is 59.5 Å². The lowest BCUT2D eigenvalue weighted by molar-refractivity contribution is 0.0664. The molecule has 1 atom stereocenters. The van der Waals surface area contributed by atoms with Gasteiger partial charge < -0.3 is 4.90 Å². The van der Waals surface area contributed by atoms with Gasteiger partial charge in [-0.1, -0.05) is 104 Å². The van der Waals surface area contributed by atoms with Gasteiger partial charge >= 0.3 is 0 Å². The van der Waals surface area contributed by atoms with Crippen LogP contribution in [0.1, 0.15) is 41.1 Å². The Hall–Kier alpha value is -5.03. The summed E-state index contributed by atoms with van der Waals surface area (Å²) in [5.74, 6) is 0.482. The van der Waals surface area contributed by atoms with Gasteiger partial charge in [0.05, 0.1) is 22.6 Å². The smallest absolute Gasteiger partial charge is 0.266 e. The largest absolute Gasteiger partial charge is 0.328 e. The van der Waals surface area contributed by atoms with Gasteiger partial charge in [-0.2, -0.15) is 0 Å². The number of aromatic nitrogens is 2. The molecule has 41 heavy (non-hydrogen) atoms. The fourth-order valence-electron chi connectivity index (χ4n) is 5.60. The van der Waals surface area contributed by atoms with Crippen LogP contribution in [0.4, 0.5) is 0 Å². The van der Waals surface area contributed by atoms with Gasteiger partial charge in [-0.3, -0.25) is 14.2 Å². The second kappa shape index (κ2) is 11.6. The molecule has 1 unspecified atom stereocenters. The maximum absolute atomic E-state index is 14.6. The molecule has 5 nitrogen and oxygen atoms in total. The molecule has 0 spiro atoms. The minimum Gasteiger partial charge on any atom is -0.328 e. The van der Waals surface area contributed by atoms with Crippen LogP contribution in [0.25, 0.3) is 27.4 Å². The Kier molecular flexibility index (Phi) is 7.42. The molecule has 5 aromatic carbocycles. The van der Waals surface area contributed by atoms with E-state index in [1.54, 1.807) is 4.57 Å². The van der Waals surface area contributed by atoms with Crippen molar-refractivity contribution in [3.05, 3.63) is 155 Å². The molecule has 1 heterocycles. The van der Waals surface area contributed by atoms with Crippen LogP contribution >= 0.6 is 0 Å². The van der Waals surface area contributed by atoms with Crippen LogP contribution in [0.5, 0.6) is 0 Å². The molecule has 0 N–H and O–H groups in total. The molecule has 0 saturated carbocycles. The SMILES string of the molecule is CCC(c1nc2ccccc2c(=O)n1-c1ccccc1)N(CCc1ccccc1)C(=O)c1cccc2ccccc12. The van der Waals surface area contributed by atoms with Crippen molar-refractivity contribution in [3.8, 4) is 5.69 Å². The van der Waals surface area contributed by atoms with E-state index in [9.17, 15) is 9.59 Å². The van der Waals surface area contributed by atoms with Crippen molar-refractivity contribution < 1.29 is 4.79 Å². The first kappa shape index (κ1) is 26.2. The summed E-state index contributed by atoms with van der Waals surface area (Å²) < 4.78 is 1.68. The summed E-state index contributed by atoms with van der Waals surface area (Å²) in [5, 5.41) is 2.47. The molecule has 0 radical (unpaired) electrons. The van der Waals surface area contributed by atoms with E-state index in [-0.39, 0.29) is 11.5 Å². The number of benzene rings is 5. The molecule has 0 fully saturated rings. The van der Waals surface area contributed by atoms with Crippen LogP contribution in [-0.2, 0) is 6.42 Å². The summed E-state index contributed by atoms with van der Waals surface area (Å²) >= 11 is 0. The van der Waals surface area contributed by atoms with Crippen LogP contribution in [0, 0.1) is 0 Å². The van der Waals surface area contributed by atoms with Gasteiger partial charge in [-0.15, -0.1) is 0 Å². The van der Waals surface area contributed by atoms with E-state index in [1.165, 1.54) is 0 Å². The Morgan fingerprint density at radius 2 is 1.39 bits per heavy atom. The van der Waals surface area contributed by atoms with Crippen LogP contribution in [0.15, 0.2) is 132 Å². The zero-order chi connectivity index (χ0) is 28.2. The molecule has 0 aliphatic heterocycles. The highest BCUT2D eigenvalue weighted by molar-refractivity contribution is 6.07. The van der Waals surface area contributed by atoms with Crippen molar-refractivity contribution in [2.24, 2.45) is 0 Å². The fraction of sp³-hybridized carbons (Fsp3) is 0.139. The lowest BCUT2D eigenvalue weighted by Crippen LogP contribution is -2.39. The summed E-state index contributed by atoms with van der Waals surface area (Å²) in [7, 11) is 0. The van der Waals surface area contributed by atoms with Gasteiger partial charge in [0, 0.05) is 12.1 Å². The van der Waals surface area contributed by atoms with E-state index >= 15 is 0 Å². The molecule has 0 aliphatic rings. The highest BCUT2D eigenvalue weighted by Crippen LogP contribution is 2.30. The molecule has 6 aromatic rings. The molecular formula is C36H31N3O2. The third-order valence-electron chi connectivity index (χ3n) is 7.64. The maximum atomic E-state index is 14.6. The van der Waals surface area contributed by atoms with Gasteiger partial charge in [0.2, 0.25) is 0 Å². The first-order chi connectivity index (χ1) is 20.2. The third kappa shape index (κ3) is 5.14. The predicted octanol–water partition coefficient (Wildman–Crippen LogP) is 7.38. The van der Waals surface area contributed by atoms with E-state index in [0.717, 1.165) is 22.0 Å². The van der Waals surface area contributed by atoms with Crippen molar-refractivity contribution in [1.82, 2.24) is 14.5 Å². The molecule has 0 saturated heterocycles. The Labute approximate surface area is 239 Å². The van der Waals surface area contributed by atoms with Gasteiger partial charge in [0.25, 0.3) is 11.5 Å². The highest BCUT2D eigenvalue weighted by atomic mass is 16.2. The Morgan fingerprint density at radius 1 is 0.756 bits per heavy atom. The summed E-state index contributed by atoms with van der Waals surface area (Å²) in [4.78, 5) is 35.5. The first-order valence-electron chi connectivity index (χ1n) is 14.1. The van der Waals surface area contributed by atoms with Gasteiger partial charge in [0.1, 0.15) is 5.82 Å². The Balaban J connectivity index is 1.54. The second-order valence-electron chi connectivity index (χ2n) is 10.1. The third-order valence-corrected chi connectivity index (χ3v) is 7.64. The van der Waals surface area contributed by atoms with E-state index in [0.29, 0.717) is 41.7 Å². The van der Waals surface area contributed by atoms with Crippen molar-refractivity contribution in [3.63, 3.8) is 0 Å². The predicted molar refractivity (Wildman–Crippen MR) is 166 cm³/mol. The molecule has 1 amide bonds. The highest BCUT2D eigenvalue weighted by Gasteiger charge is 2.30. The quantitative estimate of drug-likeness (QED) is 0.204. The van der Waals surface area contributed by atoms with Crippen LogP contribution in [0.3, 0.4) is 0 Å². The van der Waals surface area contributed by atoms with Crippen molar-refractivity contribution in [2.45, 2.75) is 25.8 Å². The number of hydrogen-bond acceptors (Lipinski definition) is 3. The minimum absolute atomic E-state index is 0.0772. The number of hydrogen-bond donors (Lipinski definition) is 0. The minimum atomic E-state index is -0.442. The molecule has 6 rings (SSSR count). The van der Waals surface area contributed by atoms with Crippen LogP contribution in [-0.4, -0.2) is 26.9 Å². The van der Waals surface area contributed by atoms with Crippen molar-refractivity contribution in [2.75, 3.05) is 6.54 Å². The summed E-state index contributed by atoms with van der Waals surface area (Å²) in [5.41, 5.74) is 2.99.